The Morgan fingerprint density at radius 2 is 2.00 bits per heavy atom. The summed E-state index contributed by atoms with van der Waals surface area (Å²) in [6.07, 6.45) is 3.02. The van der Waals surface area contributed by atoms with Gasteiger partial charge in [-0.1, -0.05) is 0 Å². The normalized spacial score (nSPS) is 17.6. The second-order valence-corrected chi connectivity index (χ2v) is 4.52. The average molecular weight is 219 g/mol. The van der Waals surface area contributed by atoms with Gasteiger partial charge in [-0.05, 0) is 55.5 Å². The smallest absolute Gasteiger partial charge is 0.125 e. The molecule has 3 N–H and O–H groups in total. The monoisotopic (exact) mass is 219 g/mol. The molecular formula is C11H13N3S. The summed E-state index contributed by atoms with van der Waals surface area (Å²) < 4.78 is 0. The highest BCUT2D eigenvalue weighted by Crippen LogP contribution is 2.34. The van der Waals surface area contributed by atoms with Crippen LogP contribution in [0.1, 0.15) is 19.3 Å². The van der Waals surface area contributed by atoms with E-state index in [2.05, 4.69) is 11.4 Å². The van der Waals surface area contributed by atoms with Gasteiger partial charge in [-0.3, -0.25) is 5.14 Å². The number of benzene rings is 1. The van der Waals surface area contributed by atoms with Crippen LogP contribution in [-0.2, 0) is 0 Å². The molecule has 0 spiro atoms. The number of nitrogens with zero attached hydrogens (tertiary/aromatic N) is 1. The van der Waals surface area contributed by atoms with Gasteiger partial charge in [0.2, 0.25) is 0 Å². The highest BCUT2D eigenvalue weighted by Gasteiger charge is 2.36. The van der Waals surface area contributed by atoms with E-state index in [-0.39, 0.29) is 5.54 Å². The second-order valence-electron chi connectivity index (χ2n) is 3.81. The summed E-state index contributed by atoms with van der Waals surface area (Å²) in [5, 5.41) is 17.8. The molecule has 0 radical (unpaired) electrons. The first-order valence-corrected chi connectivity index (χ1v) is 5.82. The molecule has 15 heavy (non-hydrogen) atoms. The second kappa shape index (κ2) is 4.13. The van der Waals surface area contributed by atoms with Gasteiger partial charge in [0.05, 0.1) is 6.07 Å². The number of hydrogen-bond donors (Lipinski definition) is 2. The maximum atomic E-state index is 9.06. The minimum atomic E-state index is -0.322. The maximum absolute atomic E-state index is 9.06. The third-order valence-electron chi connectivity index (χ3n) is 2.80. The zero-order chi connectivity index (χ0) is 10.7. The summed E-state index contributed by atoms with van der Waals surface area (Å²) in [5.41, 5.74) is 0.672. The quantitative estimate of drug-likeness (QED) is 0.767. The van der Waals surface area contributed by atoms with E-state index in [0.717, 1.165) is 29.8 Å². The summed E-state index contributed by atoms with van der Waals surface area (Å²) in [7, 11) is 0. The lowest BCUT2D eigenvalue weighted by Crippen LogP contribution is -2.43. The van der Waals surface area contributed by atoms with E-state index in [1.54, 1.807) is 0 Å². The lowest BCUT2D eigenvalue weighted by Gasteiger charge is -2.36. The molecule has 0 unspecified atom stereocenters. The topological polar surface area (TPSA) is 61.8 Å². The Balaban J connectivity index is 2.08. The Morgan fingerprint density at radius 1 is 1.33 bits per heavy atom. The van der Waals surface area contributed by atoms with Gasteiger partial charge in [0.15, 0.2) is 0 Å². The molecule has 0 saturated heterocycles. The molecule has 78 valence electrons. The van der Waals surface area contributed by atoms with Crippen molar-refractivity contribution in [3.63, 3.8) is 0 Å². The summed E-state index contributed by atoms with van der Waals surface area (Å²) in [5.74, 6) is 0. The van der Waals surface area contributed by atoms with Gasteiger partial charge < -0.3 is 5.32 Å². The molecule has 4 heteroatoms. The Bertz CT molecular complexity index is 376. The zero-order valence-corrected chi connectivity index (χ0v) is 9.18. The van der Waals surface area contributed by atoms with Gasteiger partial charge in [0.25, 0.3) is 0 Å². The maximum Gasteiger partial charge on any atom is 0.125 e. The van der Waals surface area contributed by atoms with Crippen LogP contribution in [-0.4, -0.2) is 5.54 Å². The first kappa shape index (κ1) is 10.3. The highest BCUT2D eigenvalue weighted by atomic mass is 32.2. The summed E-state index contributed by atoms with van der Waals surface area (Å²) >= 11 is 1.23. The highest BCUT2D eigenvalue weighted by molar-refractivity contribution is 7.97. The predicted octanol–water partition coefficient (Wildman–Crippen LogP) is 2.51. The minimum absolute atomic E-state index is 0.322. The molecule has 1 aliphatic carbocycles. The molecule has 0 bridgehead atoms. The van der Waals surface area contributed by atoms with Gasteiger partial charge >= 0.3 is 0 Å². The van der Waals surface area contributed by atoms with Crippen LogP contribution in [0.5, 0.6) is 0 Å². The SMILES string of the molecule is N#CC1(Nc2ccc(SN)cc2)CCC1. The van der Waals surface area contributed by atoms with Crippen molar-refractivity contribution in [1.82, 2.24) is 0 Å². The Hall–Kier alpha value is -1.18. The fraction of sp³-hybridized carbons (Fsp3) is 0.364. The van der Waals surface area contributed by atoms with Crippen molar-refractivity contribution in [2.24, 2.45) is 5.14 Å². The Labute approximate surface area is 93.8 Å². The van der Waals surface area contributed by atoms with Crippen molar-refractivity contribution < 1.29 is 0 Å². The molecule has 0 amide bonds. The van der Waals surface area contributed by atoms with Gasteiger partial charge in [0.1, 0.15) is 5.54 Å². The number of hydrogen-bond acceptors (Lipinski definition) is 4. The van der Waals surface area contributed by atoms with Crippen LogP contribution in [0.25, 0.3) is 0 Å². The van der Waals surface area contributed by atoms with Crippen LogP contribution >= 0.6 is 11.9 Å². The summed E-state index contributed by atoms with van der Waals surface area (Å²) in [4.78, 5) is 1.03. The predicted molar refractivity (Wildman–Crippen MR) is 62.3 cm³/mol. The third kappa shape index (κ3) is 2.09. The average Bonchev–Trinajstić information content (AvgIpc) is 2.24. The molecule has 1 fully saturated rings. The van der Waals surface area contributed by atoms with Crippen molar-refractivity contribution in [1.29, 1.82) is 5.26 Å². The number of nitrogens with two attached hydrogens (primary N) is 1. The Kier molecular flexibility index (Phi) is 2.85. The summed E-state index contributed by atoms with van der Waals surface area (Å²) in [6, 6.07) is 10.2. The fourth-order valence-electron chi connectivity index (χ4n) is 1.69. The van der Waals surface area contributed by atoms with Crippen LogP contribution in [0.2, 0.25) is 0 Å². The number of nitriles is 1. The van der Waals surface area contributed by atoms with Crippen molar-refractivity contribution >= 4 is 17.6 Å². The Morgan fingerprint density at radius 3 is 2.40 bits per heavy atom. The molecule has 1 aliphatic rings. The molecule has 1 aromatic rings. The van der Waals surface area contributed by atoms with Crippen LogP contribution in [0, 0.1) is 11.3 Å². The first-order chi connectivity index (χ1) is 7.28. The van der Waals surface area contributed by atoms with Gasteiger partial charge in [-0.15, -0.1) is 0 Å². The first-order valence-electron chi connectivity index (χ1n) is 4.94. The molecule has 0 aliphatic heterocycles. The lowest BCUT2D eigenvalue weighted by atomic mass is 9.78. The van der Waals surface area contributed by atoms with Crippen LogP contribution < -0.4 is 10.5 Å². The largest absolute Gasteiger partial charge is 0.367 e. The molecular weight excluding hydrogens is 206 g/mol. The van der Waals surface area contributed by atoms with Gasteiger partial charge in [-0.2, -0.15) is 5.26 Å². The zero-order valence-electron chi connectivity index (χ0n) is 8.36. The standard InChI is InChI=1S/C11H13N3S/c12-8-11(6-1-7-11)14-9-2-4-10(15-13)5-3-9/h2-5,14H,1,6-7,13H2. The van der Waals surface area contributed by atoms with E-state index in [1.807, 2.05) is 24.3 Å². The molecule has 0 atom stereocenters. The van der Waals surface area contributed by atoms with E-state index in [0.29, 0.717) is 0 Å². The van der Waals surface area contributed by atoms with E-state index in [1.165, 1.54) is 11.9 Å². The molecule has 1 saturated carbocycles. The van der Waals surface area contributed by atoms with Gasteiger partial charge in [-0.25, -0.2) is 0 Å². The molecule has 2 rings (SSSR count). The fourth-order valence-corrected chi connectivity index (χ4v) is 1.98. The van der Waals surface area contributed by atoms with Crippen LogP contribution in [0.15, 0.2) is 29.2 Å². The van der Waals surface area contributed by atoms with E-state index >= 15 is 0 Å². The van der Waals surface area contributed by atoms with Crippen LogP contribution in [0.3, 0.4) is 0 Å². The minimum Gasteiger partial charge on any atom is -0.367 e. The molecule has 0 aromatic heterocycles. The van der Waals surface area contributed by atoms with Crippen molar-refractivity contribution in [2.45, 2.75) is 29.7 Å². The van der Waals surface area contributed by atoms with E-state index in [4.69, 9.17) is 10.4 Å². The summed E-state index contributed by atoms with van der Waals surface area (Å²) in [6.45, 7) is 0. The van der Waals surface area contributed by atoms with Crippen LogP contribution in [0.4, 0.5) is 5.69 Å². The number of anilines is 1. The van der Waals surface area contributed by atoms with E-state index < -0.39 is 0 Å². The number of rotatable bonds is 3. The van der Waals surface area contributed by atoms with E-state index in [9.17, 15) is 0 Å². The van der Waals surface area contributed by atoms with Crippen molar-refractivity contribution in [2.75, 3.05) is 5.32 Å². The molecule has 3 nitrogen and oxygen atoms in total. The van der Waals surface area contributed by atoms with Crippen molar-refractivity contribution in [3.05, 3.63) is 24.3 Å². The molecule has 1 aromatic carbocycles. The number of nitrogens with one attached hydrogen (secondary N) is 1. The molecule has 0 heterocycles. The van der Waals surface area contributed by atoms with Gasteiger partial charge in [0, 0.05) is 10.6 Å². The lowest BCUT2D eigenvalue weighted by molar-refractivity contribution is 0.356. The van der Waals surface area contributed by atoms with Crippen molar-refractivity contribution in [3.8, 4) is 6.07 Å². The third-order valence-corrected chi connectivity index (χ3v) is 3.34.